The number of hydrogen-bond donors (Lipinski definition) is 1. The Morgan fingerprint density at radius 1 is 1.10 bits per heavy atom. The average molecular weight is 346 g/mol. The summed E-state index contributed by atoms with van der Waals surface area (Å²) in [5.74, 6) is 0.819. The molecule has 0 radical (unpaired) electrons. The quantitative estimate of drug-likeness (QED) is 0.684. The van der Waals surface area contributed by atoms with Gasteiger partial charge in [0.1, 0.15) is 0 Å². The van der Waals surface area contributed by atoms with Crippen LogP contribution in [0.4, 0.5) is 0 Å². The van der Waals surface area contributed by atoms with Crippen molar-refractivity contribution in [3.8, 4) is 17.1 Å². The number of hydrogen-bond acceptors (Lipinski definition) is 2. The van der Waals surface area contributed by atoms with Crippen LogP contribution in [0.2, 0.25) is 0 Å². The summed E-state index contributed by atoms with van der Waals surface area (Å²) in [7, 11) is 0. The average Bonchev–Trinajstić information content (AvgIpc) is 2.84. The number of nitrogens with zero attached hydrogens (tertiary/aromatic N) is 2. The minimum absolute atomic E-state index is 0.588. The Morgan fingerprint density at radius 3 is 2.60 bits per heavy atom. The number of nitrogens with one attached hydrogen (secondary N) is 1. The van der Waals surface area contributed by atoms with Gasteiger partial charge in [0.15, 0.2) is 10.6 Å². The van der Waals surface area contributed by atoms with E-state index in [4.69, 9.17) is 12.2 Å². The Hall–Kier alpha value is -1.72. The van der Waals surface area contributed by atoms with E-state index >= 15 is 0 Å². The second kappa shape index (κ2) is 5.34. The SMILES string of the molecule is Cc1c(Br)cccc1-c1n[nH]c(=S)n1-c1ccccc1. The highest BCUT2D eigenvalue weighted by molar-refractivity contribution is 9.10. The van der Waals surface area contributed by atoms with Gasteiger partial charge in [-0.25, -0.2) is 0 Å². The van der Waals surface area contributed by atoms with Crippen LogP contribution in [-0.4, -0.2) is 14.8 Å². The first-order chi connectivity index (χ1) is 9.68. The molecule has 0 atom stereocenters. The van der Waals surface area contributed by atoms with Gasteiger partial charge in [-0.15, -0.1) is 0 Å². The lowest BCUT2D eigenvalue weighted by Crippen LogP contribution is -1.98. The molecule has 3 nitrogen and oxygen atoms in total. The Labute approximate surface area is 130 Å². The van der Waals surface area contributed by atoms with E-state index in [2.05, 4.69) is 33.1 Å². The molecule has 100 valence electrons. The van der Waals surface area contributed by atoms with Crippen molar-refractivity contribution < 1.29 is 0 Å². The molecule has 0 bridgehead atoms. The molecule has 0 amide bonds. The molecule has 3 rings (SSSR count). The third-order valence-electron chi connectivity index (χ3n) is 3.20. The fourth-order valence-electron chi connectivity index (χ4n) is 2.14. The van der Waals surface area contributed by atoms with Gasteiger partial charge in [-0.3, -0.25) is 9.67 Å². The number of H-pyrrole nitrogens is 1. The monoisotopic (exact) mass is 345 g/mol. The molecule has 0 saturated carbocycles. The van der Waals surface area contributed by atoms with Gasteiger partial charge in [0.25, 0.3) is 0 Å². The number of benzene rings is 2. The molecule has 3 aromatic rings. The van der Waals surface area contributed by atoms with Gasteiger partial charge < -0.3 is 0 Å². The van der Waals surface area contributed by atoms with Crippen LogP contribution in [-0.2, 0) is 0 Å². The zero-order valence-corrected chi connectivity index (χ0v) is 13.2. The minimum atomic E-state index is 0.588. The Balaban J connectivity index is 2.27. The number of para-hydroxylation sites is 1. The van der Waals surface area contributed by atoms with Crippen LogP contribution in [0.3, 0.4) is 0 Å². The minimum Gasteiger partial charge on any atom is -0.268 e. The molecule has 0 saturated heterocycles. The summed E-state index contributed by atoms with van der Waals surface area (Å²) in [5, 5.41) is 7.27. The normalized spacial score (nSPS) is 10.7. The van der Waals surface area contributed by atoms with E-state index < -0.39 is 0 Å². The zero-order chi connectivity index (χ0) is 14.1. The van der Waals surface area contributed by atoms with Crippen LogP contribution in [0.15, 0.2) is 53.0 Å². The Kier molecular flexibility index (Phi) is 3.54. The molecule has 1 heterocycles. The molecule has 0 aliphatic carbocycles. The summed E-state index contributed by atoms with van der Waals surface area (Å²) in [6.07, 6.45) is 0. The molecule has 20 heavy (non-hydrogen) atoms. The van der Waals surface area contributed by atoms with Crippen molar-refractivity contribution in [3.05, 3.63) is 63.3 Å². The molecule has 0 fully saturated rings. The van der Waals surface area contributed by atoms with Gasteiger partial charge >= 0.3 is 0 Å². The molecular formula is C15H12BrN3S. The molecule has 0 spiro atoms. The number of halogens is 1. The van der Waals surface area contributed by atoms with Crippen molar-refractivity contribution in [1.29, 1.82) is 0 Å². The number of rotatable bonds is 2. The first-order valence-corrected chi connectivity index (χ1v) is 7.37. The smallest absolute Gasteiger partial charge is 0.200 e. The largest absolute Gasteiger partial charge is 0.268 e. The summed E-state index contributed by atoms with van der Waals surface area (Å²) < 4.78 is 3.60. The molecule has 0 aliphatic heterocycles. The predicted molar refractivity (Wildman–Crippen MR) is 86.6 cm³/mol. The predicted octanol–water partition coefficient (Wildman–Crippen LogP) is 4.67. The van der Waals surface area contributed by atoms with Gasteiger partial charge in [-0.05, 0) is 42.9 Å². The molecular weight excluding hydrogens is 334 g/mol. The van der Waals surface area contributed by atoms with E-state index in [0.29, 0.717) is 4.77 Å². The van der Waals surface area contributed by atoms with Crippen molar-refractivity contribution in [3.63, 3.8) is 0 Å². The van der Waals surface area contributed by atoms with Crippen LogP contribution in [0.1, 0.15) is 5.56 Å². The number of aromatic amines is 1. The molecule has 1 aromatic heterocycles. The summed E-state index contributed by atoms with van der Waals surface area (Å²) in [6.45, 7) is 2.06. The summed E-state index contributed by atoms with van der Waals surface area (Å²) >= 11 is 8.92. The van der Waals surface area contributed by atoms with E-state index in [0.717, 1.165) is 27.1 Å². The Bertz CT molecular complexity index is 805. The molecule has 0 aliphatic rings. The molecule has 2 aromatic carbocycles. The van der Waals surface area contributed by atoms with Gasteiger partial charge in [0, 0.05) is 15.7 Å². The second-order valence-electron chi connectivity index (χ2n) is 4.44. The second-order valence-corrected chi connectivity index (χ2v) is 5.68. The van der Waals surface area contributed by atoms with Crippen LogP contribution in [0, 0.1) is 11.7 Å². The lowest BCUT2D eigenvalue weighted by Gasteiger charge is -2.09. The lowest BCUT2D eigenvalue weighted by atomic mass is 10.1. The third kappa shape index (κ3) is 2.23. The van der Waals surface area contributed by atoms with Crippen molar-refractivity contribution in [1.82, 2.24) is 14.8 Å². The molecule has 0 unspecified atom stereocenters. The van der Waals surface area contributed by atoms with Gasteiger partial charge in [0.2, 0.25) is 0 Å². The van der Waals surface area contributed by atoms with Crippen LogP contribution in [0.5, 0.6) is 0 Å². The highest BCUT2D eigenvalue weighted by Crippen LogP contribution is 2.28. The molecule has 1 N–H and O–H groups in total. The van der Waals surface area contributed by atoms with E-state index in [9.17, 15) is 0 Å². The first kappa shape index (κ1) is 13.3. The zero-order valence-electron chi connectivity index (χ0n) is 10.8. The fourth-order valence-corrected chi connectivity index (χ4v) is 2.75. The van der Waals surface area contributed by atoms with Gasteiger partial charge in [-0.2, -0.15) is 5.10 Å². The van der Waals surface area contributed by atoms with Crippen molar-refractivity contribution in [2.75, 3.05) is 0 Å². The van der Waals surface area contributed by atoms with Gasteiger partial charge in [-0.1, -0.05) is 46.3 Å². The maximum absolute atomic E-state index is 5.36. The first-order valence-electron chi connectivity index (χ1n) is 6.17. The van der Waals surface area contributed by atoms with Crippen molar-refractivity contribution in [2.45, 2.75) is 6.92 Å². The highest BCUT2D eigenvalue weighted by Gasteiger charge is 2.13. The Morgan fingerprint density at radius 2 is 1.85 bits per heavy atom. The topological polar surface area (TPSA) is 33.6 Å². The third-order valence-corrected chi connectivity index (χ3v) is 4.33. The number of aromatic nitrogens is 3. The van der Waals surface area contributed by atoms with Crippen LogP contribution < -0.4 is 0 Å². The van der Waals surface area contributed by atoms with Crippen LogP contribution in [0.25, 0.3) is 17.1 Å². The van der Waals surface area contributed by atoms with E-state index in [1.54, 1.807) is 0 Å². The van der Waals surface area contributed by atoms with Crippen molar-refractivity contribution in [2.24, 2.45) is 0 Å². The maximum Gasteiger partial charge on any atom is 0.200 e. The van der Waals surface area contributed by atoms with Crippen molar-refractivity contribution >= 4 is 28.1 Å². The van der Waals surface area contributed by atoms with Crippen LogP contribution >= 0.6 is 28.1 Å². The summed E-state index contributed by atoms with van der Waals surface area (Å²) in [5.41, 5.74) is 3.19. The maximum atomic E-state index is 5.36. The fraction of sp³-hybridized carbons (Fsp3) is 0.0667. The highest BCUT2D eigenvalue weighted by atomic mass is 79.9. The lowest BCUT2D eigenvalue weighted by molar-refractivity contribution is 1.03. The van der Waals surface area contributed by atoms with Gasteiger partial charge in [0.05, 0.1) is 0 Å². The van der Waals surface area contributed by atoms with E-state index in [-0.39, 0.29) is 0 Å². The standard InChI is InChI=1S/C15H12BrN3S/c1-10-12(8-5-9-13(10)16)14-17-18-15(20)19(14)11-6-3-2-4-7-11/h2-9H,1H3,(H,18,20). The van der Waals surface area contributed by atoms with E-state index in [1.807, 2.05) is 53.1 Å². The summed E-state index contributed by atoms with van der Waals surface area (Å²) in [6, 6.07) is 16.1. The summed E-state index contributed by atoms with van der Waals surface area (Å²) in [4.78, 5) is 0. The molecule has 5 heteroatoms. The van der Waals surface area contributed by atoms with E-state index in [1.165, 1.54) is 0 Å².